The van der Waals surface area contributed by atoms with Crippen molar-refractivity contribution < 1.29 is 9.53 Å². The number of nitrogens with one attached hydrogen (secondary N) is 1. The van der Waals surface area contributed by atoms with Crippen molar-refractivity contribution in [3.8, 4) is 5.75 Å². The van der Waals surface area contributed by atoms with Crippen LogP contribution in [0.4, 0.5) is 16.2 Å². The normalized spacial score (nSPS) is 9.71. The van der Waals surface area contributed by atoms with E-state index in [0.29, 0.717) is 5.75 Å². The second kappa shape index (κ2) is 5.43. The molecule has 0 aromatic heterocycles. The molecule has 0 unspecified atom stereocenters. The van der Waals surface area contributed by atoms with Crippen LogP contribution in [0.15, 0.2) is 18.2 Å². The van der Waals surface area contributed by atoms with E-state index < -0.39 is 6.09 Å². The molecule has 0 aliphatic rings. The predicted octanol–water partition coefficient (Wildman–Crippen LogP) is 1.54. The second-order valence-electron chi connectivity index (χ2n) is 4.08. The number of hydrogen-bond acceptors (Lipinski definition) is 4. The molecule has 17 heavy (non-hydrogen) atoms. The molecule has 5 heteroatoms. The molecule has 0 aliphatic heterocycles. The lowest BCUT2D eigenvalue weighted by Gasteiger charge is -2.20. The molecule has 94 valence electrons. The molecule has 0 atom stereocenters. The van der Waals surface area contributed by atoms with Crippen LogP contribution >= 0.6 is 0 Å². The van der Waals surface area contributed by atoms with Gasteiger partial charge in [0.1, 0.15) is 0 Å². The first-order valence-corrected chi connectivity index (χ1v) is 5.34. The molecular weight excluding hydrogens is 218 g/mol. The zero-order chi connectivity index (χ0) is 13.0. The minimum Gasteiger partial charge on any atom is -0.408 e. The van der Waals surface area contributed by atoms with E-state index in [4.69, 9.17) is 4.74 Å². The van der Waals surface area contributed by atoms with Gasteiger partial charge in [0.15, 0.2) is 5.75 Å². The van der Waals surface area contributed by atoms with Crippen molar-refractivity contribution in [2.24, 2.45) is 0 Å². The number of ether oxygens (including phenoxy) is 1. The number of carbonyl (C=O) groups excluding carboxylic acids is 1. The molecule has 5 nitrogen and oxygen atoms in total. The molecule has 1 rings (SSSR count). The molecule has 0 radical (unpaired) electrons. The number of carbonyl (C=O) groups is 1. The predicted molar refractivity (Wildman–Crippen MR) is 70.2 cm³/mol. The van der Waals surface area contributed by atoms with Crippen LogP contribution in [0.5, 0.6) is 5.75 Å². The third-order valence-corrected chi connectivity index (χ3v) is 2.35. The Balaban J connectivity index is 3.08. The molecule has 1 amide bonds. The van der Waals surface area contributed by atoms with Crippen molar-refractivity contribution >= 4 is 17.5 Å². The molecule has 0 fully saturated rings. The SMILES string of the molecule is CNC(=O)Oc1ccc(N(C)C)cc1N(C)C. The summed E-state index contributed by atoms with van der Waals surface area (Å²) < 4.78 is 5.18. The molecule has 0 saturated heterocycles. The van der Waals surface area contributed by atoms with Gasteiger partial charge in [-0.15, -0.1) is 0 Å². The van der Waals surface area contributed by atoms with Crippen LogP contribution in [0.3, 0.4) is 0 Å². The third kappa shape index (κ3) is 3.27. The average Bonchev–Trinajstić information content (AvgIpc) is 2.28. The van der Waals surface area contributed by atoms with Crippen molar-refractivity contribution in [2.75, 3.05) is 45.0 Å². The standard InChI is InChI=1S/C12H19N3O2/c1-13-12(16)17-11-7-6-9(14(2)3)8-10(11)15(4)5/h6-8H,1-5H3,(H,13,16). The summed E-state index contributed by atoms with van der Waals surface area (Å²) >= 11 is 0. The highest BCUT2D eigenvalue weighted by atomic mass is 16.6. The quantitative estimate of drug-likeness (QED) is 0.866. The first kappa shape index (κ1) is 13.2. The fraction of sp³-hybridized carbons (Fsp3) is 0.417. The van der Waals surface area contributed by atoms with Crippen LogP contribution in [-0.2, 0) is 0 Å². The Hall–Kier alpha value is -1.91. The van der Waals surface area contributed by atoms with Gasteiger partial charge in [-0.05, 0) is 18.2 Å². The van der Waals surface area contributed by atoms with E-state index in [1.54, 1.807) is 6.07 Å². The van der Waals surface area contributed by atoms with Gasteiger partial charge >= 0.3 is 6.09 Å². The molecule has 0 spiro atoms. The van der Waals surface area contributed by atoms with Crippen molar-refractivity contribution in [1.29, 1.82) is 0 Å². The third-order valence-electron chi connectivity index (χ3n) is 2.35. The lowest BCUT2D eigenvalue weighted by molar-refractivity contribution is 0.203. The highest BCUT2D eigenvalue weighted by molar-refractivity contribution is 5.75. The van der Waals surface area contributed by atoms with Crippen LogP contribution < -0.4 is 19.9 Å². The number of rotatable bonds is 3. The zero-order valence-corrected chi connectivity index (χ0v) is 10.9. The van der Waals surface area contributed by atoms with Crippen molar-refractivity contribution in [1.82, 2.24) is 5.32 Å². The van der Waals surface area contributed by atoms with E-state index in [-0.39, 0.29) is 0 Å². The van der Waals surface area contributed by atoms with Gasteiger partial charge in [0.25, 0.3) is 0 Å². The summed E-state index contributed by atoms with van der Waals surface area (Å²) in [6.07, 6.45) is -0.467. The summed E-state index contributed by atoms with van der Waals surface area (Å²) in [7, 11) is 9.28. The van der Waals surface area contributed by atoms with Crippen LogP contribution in [-0.4, -0.2) is 41.3 Å². The van der Waals surface area contributed by atoms with E-state index >= 15 is 0 Å². The van der Waals surface area contributed by atoms with E-state index in [1.165, 1.54) is 7.05 Å². The largest absolute Gasteiger partial charge is 0.412 e. The van der Waals surface area contributed by atoms with E-state index in [2.05, 4.69) is 5.32 Å². The molecule has 0 bridgehead atoms. The summed E-state index contributed by atoms with van der Waals surface area (Å²) in [6, 6.07) is 5.67. The maximum absolute atomic E-state index is 11.2. The smallest absolute Gasteiger partial charge is 0.408 e. The van der Waals surface area contributed by atoms with Crippen molar-refractivity contribution in [3.05, 3.63) is 18.2 Å². The number of benzene rings is 1. The Morgan fingerprint density at radius 3 is 2.29 bits per heavy atom. The average molecular weight is 237 g/mol. The fourth-order valence-corrected chi connectivity index (χ4v) is 1.37. The molecule has 1 N–H and O–H groups in total. The maximum Gasteiger partial charge on any atom is 0.412 e. The van der Waals surface area contributed by atoms with E-state index in [1.807, 2.05) is 50.1 Å². The molecule has 1 aromatic rings. The Labute approximate surface area is 102 Å². The molecule has 0 aliphatic carbocycles. The Bertz CT molecular complexity index is 403. The number of anilines is 2. The van der Waals surface area contributed by atoms with Gasteiger partial charge in [-0.1, -0.05) is 0 Å². The van der Waals surface area contributed by atoms with Gasteiger partial charge in [-0.3, -0.25) is 0 Å². The van der Waals surface area contributed by atoms with Gasteiger partial charge < -0.3 is 19.9 Å². The Kier molecular flexibility index (Phi) is 4.20. The maximum atomic E-state index is 11.2. The van der Waals surface area contributed by atoms with Crippen molar-refractivity contribution in [3.63, 3.8) is 0 Å². The van der Waals surface area contributed by atoms with Gasteiger partial charge in [-0.2, -0.15) is 0 Å². The first-order valence-electron chi connectivity index (χ1n) is 5.34. The van der Waals surface area contributed by atoms with Gasteiger partial charge in [-0.25, -0.2) is 4.79 Å². The molecule has 0 saturated carbocycles. The van der Waals surface area contributed by atoms with E-state index in [9.17, 15) is 4.79 Å². The minimum atomic E-state index is -0.467. The number of hydrogen-bond donors (Lipinski definition) is 1. The molecule has 1 aromatic carbocycles. The topological polar surface area (TPSA) is 44.8 Å². The molecular formula is C12H19N3O2. The second-order valence-corrected chi connectivity index (χ2v) is 4.08. The summed E-state index contributed by atoms with van der Waals surface area (Å²) in [6.45, 7) is 0. The highest BCUT2D eigenvalue weighted by Crippen LogP contribution is 2.31. The summed E-state index contributed by atoms with van der Waals surface area (Å²) in [5.41, 5.74) is 1.91. The number of amides is 1. The van der Waals surface area contributed by atoms with E-state index in [0.717, 1.165) is 11.4 Å². The van der Waals surface area contributed by atoms with Gasteiger partial charge in [0.2, 0.25) is 0 Å². The van der Waals surface area contributed by atoms with Crippen LogP contribution in [0.2, 0.25) is 0 Å². The minimum absolute atomic E-state index is 0.467. The fourth-order valence-electron chi connectivity index (χ4n) is 1.37. The monoisotopic (exact) mass is 237 g/mol. The lowest BCUT2D eigenvalue weighted by atomic mass is 10.2. The Morgan fingerprint density at radius 1 is 1.18 bits per heavy atom. The van der Waals surface area contributed by atoms with Crippen LogP contribution in [0, 0.1) is 0 Å². The Morgan fingerprint density at radius 2 is 1.82 bits per heavy atom. The van der Waals surface area contributed by atoms with Crippen LogP contribution in [0.1, 0.15) is 0 Å². The number of nitrogens with zero attached hydrogens (tertiary/aromatic N) is 2. The summed E-state index contributed by atoms with van der Waals surface area (Å²) in [4.78, 5) is 15.1. The van der Waals surface area contributed by atoms with Gasteiger partial charge in [0.05, 0.1) is 5.69 Å². The zero-order valence-electron chi connectivity index (χ0n) is 10.9. The van der Waals surface area contributed by atoms with Crippen molar-refractivity contribution in [2.45, 2.75) is 0 Å². The summed E-state index contributed by atoms with van der Waals surface area (Å²) in [5.74, 6) is 0.542. The lowest BCUT2D eigenvalue weighted by Crippen LogP contribution is -2.23. The molecule has 0 heterocycles. The summed E-state index contributed by atoms with van der Waals surface area (Å²) in [5, 5.41) is 2.43. The first-order chi connectivity index (χ1) is 7.95. The van der Waals surface area contributed by atoms with Crippen LogP contribution in [0.25, 0.3) is 0 Å². The highest BCUT2D eigenvalue weighted by Gasteiger charge is 2.11. The van der Waals surface area contributed by atoms with Gasteiger partial charge in [0, 0.05) is 40.9 Å².